The largest absolute Gasteiger partial charge is 0.508 e. The summed E-state index contributed by atoms with van der Waals surface area (Å²) in [5.41, 5.74) is -0.728. The molecular formula is C16H12O7. The van der Waals surface area contributed by atoms with Crippen molar-refractivity contribution >= 4 is 11.0 Å². The number of aromatic hydroxyl groups is 4. The van der Waals surface area contributed by atoms with E-state index in [1.165, 1.54) is 25.3 Å². The van der Waals surface area contributed by atoms with E-state index in [2.05, 4.69) is 0 Å². The Morgan fingerprint density at radius 2 is 1.74 bits per heavy atom. The van der Waals surface area contributed by atoms with E-state index in [9.17, 15) is 25.2 Å². The van der Waals surface area contributed by atoms with Crippen LogP contribution in [0.15, 0.2) is 39.5 Å². The van der Waals surface area contributed by atoms with Gasteiger partial charge in [-0.15, -0.1) is 0 Å². The maximum atomic E-state index is 12.3. The van der Waals surface area contributed by atoms with Gasteiger partial charge in [0, 0.05) is 18.2 Å². The van der Waals surface area contributed by atoms with Crippen molar-refractivity contribution in [1.29, 1.82) is 0 Å². The minimum atomic E-state index is -0.853. The molecule has 7 heteroatoms. The average molecular weight is 316 g/mol. The van der Waals surface area contributed by atoms with Gasteiger partial charge in [0.1, 0.15) is 34.0 Å². The van der Waals surface area contributed by atoms with Crippen LogP contribution in [0.3, 0.4) is 0 Å². The molecule has 1 heterocycles. The van der Waals surface area contributed by atoms with Crippen molar-refractivity contribution in [3.8, 4) is 40.1 Å². The number of ether oxygens (including phenoxy) is 1. The van der Waals surface area contributed by atoms with Crippen LogP contribution in [0.1, 0.15) is 0 Å². The van der Waals surface area contributed by atoms with Crippen LogP contribution in [0.2, 0.25) is 0 Å². The lowest BCUT2D eigenvalue weighted by Crippen LogP contribution is -2.03. The summed E-state index contributed by atoms with van der Waals surface area (Å²) in [6, 6.07) is 6.15. The minimum absolute atomic E-state index is 0.0662. The molecule has 0 aliphatic carbocycles. The predicted octanol–water partition coefficient (Wildman–Crippen LogP) is 2.29. The zero-order valence-electron chi connectivity index (χ0n) is 11.9. The summed E-state index contributed by atoms with van der Waals surface area (Å²) in [6.45, 7) is 0. The minimum Gasteiger partial charge on any atom is -0.508 e. The number of fused-ring (bicyclic) bond motifs is 1. The summed E-state index contributed by atoms with van der Waals surface area (Å²) >= 11 is 0. The topological polar surface area (TPSA) is 120 Å². The highest BCUT2D eigenvalue weighted by Gasteiger charge is 2.21. The standard InChI is InChI=1S/C16H12O7/c1-22-11-5-7(17)2-3-9(11)16-15(21)14(20)13-10(19)4-8(18)6-12(13)23-16/h2-6,17-19,21H,1H3. The summed E-state index contributed by atoms with van der Waals surface area (Å²) < 4.78 is 10.6. The molecule has 0 amide bonds. The van der Waals surface area contributed by atoms with E-state index < -0.39 is 16.9 Å². The molecule has 0 aliphatic heterocycles. The molecule has 7 nitrogen and oxygen atoms in total. The van der Waals surface area contributed by atoms with Gasteiger partial charge >= 0.3 is 0 Å². The summed E-state index contributed by atoms with van der Waals surface area (Å²) in [5.74, 6) is -1.62. The van der Waals surface area contributed by atoms with Crippen LogP contribution in [0.5, 0.6) is 28.7 Å². The van der Waals surface area contributed by atoms with Crippen molar-refractivity contribution in [2.75, 3.05) is 7.11 Å². The van der Waals surface area contributed by atoms with Crippen LogP contribution < -0.4 is 10.2 Å². The number of benzene rings is 2. The second-order valence-corrected chi connectivity index (χ2v) is 4.83. The van der Waals surface area contributed by atoms with Crippen molar-refractivity contribution in [2.24, 2.45) is 0 Å². The molecule has 23 heavy (non-hydrogen) atoms. The molecule has 1 aromatic heterocycles. The van der Waals surface area contributed by atoms with Gasteiger partial charge in [-0.25, -0.2) is 0 Å². The second-order valence-electron chi connectivity index (χ2n) is 4.83. The van der Waals surface area contributed by atoms with Gasteiger partial charge in [-0.05, 0) is 12.1 Å². The molecule has 0 unspecified atom stereocenters. The Bertz CT molecular complexity index is 972. The maximum Gasteiger partial charge on any atom is 0.238 e. The van der Waals surface area contributed by atoms with Gasteiger partial charge < -0.3 is 29.6 Å². The molecule has 0 saturated heterocycles. The third kappa shape index (κ3) is 2.28. The molecule has 0 saturated carbocycles. The lowest BCUT2D eigenvalue weighted by atomic mass is 10.1. The quantitative estimate of drug-likeness (QED) is 0.572. The Morgan fingerprint density at radius 3 is 2.43 bits per heavy atom. The monoisotopic (exact) mass is 316 g/mol. The maximum absolute atomic E-state index is 12.3. The van der Waals surface area contributed by atoms with E-state index in [0.29, 0.717) is 0 Å². The van der Waals surface area contributed by atoms with Crippen molar-refractivity contribution in [1.82, 2.24) is 0 Å². The smallest absolute Gasteiger partial charge is 0.238 e. The van der Waals surface area contributed by atoms with E-state index in [4.69, 9.17) is 9.15 Å². The molecule has 0 aliphatic rings. The van der Waals surface area contributed by atoms with Crippen LogP contribution in [0, 0.1) is 0 Å². The molecule has 0 spiro atoms. The van der Waals surface area contributed by atoms with Crippen molar-refractivity contribution in [3.05, 3.63) is 40.6 Å². The van der Waals surface area contributed by atoms with Gasteiger partial charge in [-0.1, -0.05) is 0 Å². The zero-order chi connectivity index (χ0) is 16.7. The van der Waals surface area contributed by atoms with Crippen molar-refractivity contribution in [3.63, 3.8) is 0 Å². The first-order valence-corrected chi connectivity index (χ1v) is 6.51. The molecule has 118 valence electrons. The molecule has 4 N–H and O–H groups in total. The van der Waals surface area contributed by atoms with E-state index in [-0.39, 0.29) is 39.5 Å². The highest BCUT2D eigenvalue weighted by molar-refractivity contribution is 5.88. The first-order chi connectivity index (χ1) is 10.9. The van der Waals surface area contributed by atoms with Gasteiger partial charge in [0.25, 0.3) is 0 Å². The first-order valence-electron chi connectivity index (χ1n) is 6.51. The molecule has 3 aromatic rings. The molecule has 3 rings (SSSR count). The number of phenols is 3. The highest BCUT2D eigenvalue weighted by atomic mass is 16.5. The fourth-order valence-electron chi connectivity index (χ4n) is 2.33. The number of hydrogen-bond donors (Lipinski definition) is 4. The summed E-state index contributed by atoms with van der Waals surface area (Å²) in [4.78, 5) is 12.3. The molecule has 0 radical (unpaired) electrons. The molecule has 0 atom stereocenters. The van der Waals surface area contributed by atoms with Crippen molar-refractivity contribution in [2.45, 2.75) is 0 Å². The van der Waals surface area contributed by atoms with Gasteiger partial charge in [-0.3, -0.25) is 4.79 Å². The van der Waals surface area contributed by atoms with Gasteiger partial charge in [0.15, 0.2) is 5.76 Å². The van der Waals surface area contributed by atoms with Crippen molar-refractivity contribution < 1.29 is 29.6 Å². The Labute approximate surface area is 129 Å². The SMILES string of the molecule is COc1cc(O)ccc1-c1oc2cc(O)cc(O)c2c(=O)c1O. The first kappa shape index (κ1) is 14.6. The van der Waals surface area contributed by atoms with Gasteiger partial charge in [0.05, 0.1) is 12.7 Å². The number of methoxy groups -OCH3 is 1. The normalized spacial score (nSPS) is 10.8. The lowest BCUT2D eigenvalue weighted by molar-refractivity contribution is 0.405. The van der Waals surface area contributed by atoms with E-state index in [1.54, 1.807) is 0 Å². The van der Waals surface area contributed by atoms with Crippen LogP contribution in [-0.4, -0.2) is 27.5 Å². The Hall–Kier alpha value is -3.35. The zero-order valence-corrected chi connectivity index (χ0v) is 11.9. The molecule has 2 aromatic carbocycles. The molecule has 0 bridgehead atoms. The van der Waals surface area contributed by atoms with Crippen LogP contribution >= 0.6 is 0 Å². The Morgan fingerprint density at radius 1 is 1.00 bits per heavy atom. The number of hydrogen-bond acceptors (Lipinski definition) is 7. The Kier molecular flexibility index (Phi) is 3.25. The van der Waals surface area contributed by atoms with Gasteiger partial charge in [0.2, 0.25) is 11.2 Å². The van der Waals surface area contributed by atoms with E-state index in [1.807, 2.05) is 0 Å². The summed E-state index contributed by atoms with van der Waals surface area (Å²) in [5, 5.41) is 38.7. The Balaban J connectivity index is 2.40. The lowest BCUT2D eigenvalue weighted by Gasteiger charge is -2.11. The predicted molar refractivity (Wildman–Crippen MR) is 81.1 cm³/mol. The third-order valence-electron chi connectivity index (χ3n) is 3.37. The fraction of sp³-hybridized carbons (Fsp3) is 0.0625. The molecule has 0 fully saturated rings. The van der Waals surface area contributed by atoms with Crippen LogP contribution in [0.4, 0.5) is 0 Å². The van der Waals surface area contributed by atoms with Crippen LogP contribution in [-0.2, 0) is 0 Å². The van der Waals surface area contributed by atoms with E-state index in [0.717, 1.165) is 12.1 Å². The molecular weight excluding hydrogens is 304 g/mol. The summed E-state index contributed by atoms with van der Waals surface area (Å²) in [6.07, 6.45) is 0. The van der Waals surface area contributed by atoms with Crippen LogP contribution in [0.25, 0.3) is 22.3 Å². The number of phenolic OH excluding ortho intramolecular Hbond substituents is 3. The van der Waals surface area contributed by atoms with E-state index >= 15 is 0 Å². The summed E-state index contributed by atoms with van der Waals surface area (Å²) in [7, 11) is 1.35. The number of rotatable bonds is 2. The average Bonchev–Trinajstić information content (AvgIpc) is 2.50. The third-order valence-corrected chi connectivity index (χ3v) is 3.37. The fourth-order valence-corrected chi connectivity index (χ4v) is 2.33. The second kappa shape index (κ2) is 5.13. The van der Waals surface area contributed by atoms with Gasteiger partial charge in [-0.2, -0.15) is 0 Å². The highest BCUT2D eigenvalue weighted by Crippen LogP contribution is 2.39.